The van der Waals surface area contributed by atoms with Crippen molar-refractivity contribution in [3.63, 3.8) is 0 Å². The van der Waals surface area contributed by atoms with Crippen molar-refractivity contribution >= 4 is 27.4 Å². The maximum absolute atomic E-state index is 6.09. The standard InChI is InChI=1S/C14H15N3OS/c1-7-8(2)19-13(15)12(7)14-16-10-5-4-9(18-3)6-11(10)17-14/h4-6H,15H2,1-3H3,(H,16,17). The van der Waals surface area contributed by atoms with Crippen LogP contribution in [0.2, 0.25) is 0 Å². The second kappa shape index (κ2) is 4.28. The van der Waals surface area contributed by atoms with E-state index in [-0.39, 0.29) is 0 Å². The van der Waals surface area contributed by atoms with Crippen LogP contribution in [-0.2, 0) is 0 Å². The average Bonchev–Trinajstić information content (AvgIpc) is 2.90. The van der Waals surface area contributed by atoms with Crippen LogP contribution in [0.1, 0.15) is 10.4 Å². The van der Waals surface area contributed by atoms with E-state index in [0.29, 0.717) is 0 Å². The normalized spacial score (nSPS) is 11.1. The van der Waals surface area contributed by atoms with Crippen molar-refractivity contribution in [3.05, 3.63) is 28.6 Å². The first kappa shape index (κ1) is 12.0. The summed E-state index contributed by atoms with van der Waals surface area (Å²) in [5, 5.41) is 0.807. The Morgan fingerprint density at radius 3 is 2.74 bits per heavy atom. The Labute approximate surface area is 115 Å². The molecule has 0 saturated heterocycles. The highest BCUT2D eigenvalue weighted by Crippen LogP contribution is 2.37. The van der Waals surface area contributed by atoms with Gasteiger partial charge in [0, 0.05) is 10.9 Å². The summed E-state index contributed by atoms with van der Waals surface area (Å²) in [7, 11) is 1.66. The van der Waals surface area contributed by atoms with E-state index >= 15 is 0 Å². The van der Waals surface area contributed by atoms with Gasteiger partial charge >= 0.3 is 0 Å². The highest BCUT2D eigenvalue weighted by Gasteiger charge is 2.15. The third kappa shape index (κ3) is 1.86. The molecule has 0 radical (unpaired) electrons. The second-order valence-corrected chi connectivity index (χ2v) is 5.75. The van der Waals surface area contributed by atoms with Gasteiger partial charge in [0.15, 0.2) is 0 Å². The molecule has 0 atom stereocenters. The number of rotatable bonds is 2. The number of benzene rings is 1. The number of H-pyrrole nitrogens is 1. The van der Waals surface area contributed by atoms with Crippen LogP contribution in [0.3, 0.4) is 0 Å². The molecule has 2 aromatic heterocycles. The molecular formula is C14H15N3OS. The first-order chi connectivity index (χ1) is 9.10. The van der Waals surface area contributed by atoms with E-state index in [9.17, 15) is 0 Å². The SMILES string of the molecule is COc1ccc2nc(-c3c(N)sc(C)c3C)[nH]c2c1. The molecule has 4 nitrogen and oxygen atoms in total. The minimum Gasteiger partial charge on any atom is -0.497 e. The maximum Gasteiger partial charge on any atom is 0.141 e. The Bertz CT molecular complexity index is 757. The number of ether oxygens (including phenoxy) is 1. The van der Waals surface area contributed by atoms with Gasteiger partial charge in [-0.2, -0.15) is 0 Å². The van der Waals surface area contributed by atoms with Gasteiger partial charge < -0.3 is 15.5 Å². The highest BCUT2D eigenvalue weighted by molar-refractivity contribution is 7.16. The van der Waals surface area contributed by atoms with E-state index in [4.69, 9.17) is 10.5 Å². The number of nitrogen functional groups attached to an aromatic ring is 1. The number of nitrogens with one attached hydrogen (secondary N) is 1. The zero-order valence-corrected chi connectivity index (χ0v) is 11.9. The van der Waals surface area contributed by atoms with Gasteiger partial charge in [0.05, 0.1) is 28.7 Å². The fourth-order valence-electron chi connectivity index (χ4n) is 2.18. The molecule has 3 N–H and O–H groups in total. The van der Waals surface area contributed by atoms with Crippen LogP contribution in [0.15, 0.2) is 18.2 Å². The van der Waals surface area contributed by atoms with E-state index in [1.54, 1.807) is 18.4 Å². The van der Waals surface area contributed by atoms with E-state index in [1.807, 2.05) is 18.2 Å². The van der Waals surface area contributed by atoms with Crippen molar-refractivity contribution in [1.29, 1.82) is 0 Å². The highest BCUT2D eigenvalue weighted by atomic mass is 32.1. The van der Waals surface area contributed by atoms with Crippen LogP contribution in [0, 0.1) is 13.8 Å². The average molecular weight is 273 g/mol. The van der Waals surface area contributed by atoms with Crippen molar-refractivity contribution < 1.29 is 4.74 Å². The number of aromatic nitrogens is 2. The lowest BCUT2D eigenvalue weighted by atomic mass is 10.1. The van der Waals surface area contributed by atoms with Gasteiger partial charge in [0.1, 0.15) is 11.6 Å². The van der Waals surface area contributed by atoms with Crippen molar-refractivity contribution in [2.45, 2.75) is 13.8 Å². The molecule has 0 bridgehead atoms. The lowest BCUT2D eigenvalue weighted by Crippen LogP contribution is -1.87. The summed E-state index contributed by atoms with van der Waals surface area (Å²) in [5.41, 5.74) is 10.2. The molecule has 2 heterocycles. The number of anilines is 1. The second-order valence-electron chi connectivity index (χ2n) is 4.49. The molecular weight excluding hydrogens is 258 g/mol. The molecule has 98 valence electrons. The van der Waals surface area contributed by atoms with Crippen LogP contribution in [0.25, 0.3) is 22.4 Å². The molecule has 3 aromatic rings. The Morgan fingerprint density at radius 2 is 2.11 bits per heavy atom. The zero-order valence-electron chi connectivity index (χ0n) is 11.1. The minimum absolute atomic E-state index is 0.807. The van der Waals surface area contributed by atoms with Crippen LogP contribution in [0.5, 0.6) is 5.75 Å². The number of hydrogen-bond acceptors (Lipinski definition) is 4. The summed E-state index contributed by atoms with van der Waals surface area (Å²) >= 11 is 1.60. The molecule has 19 heavy (non-hydrogen) atoms. The zero-order chi connectivity index (χ0) is 13.6. The van der Waals surface area contributed by atoms with Crippen LogP contribution >= 0.6 is 11.3 Å². The monoisotopic (exact) mass is 273 g/mol. The molecule has 3 rings (SSSR count). The van der Waals surface area contributed by atoms with Gasteiger partial charge in [-0.25, -0.2) is 4.98 Å². The molecule has 0 aliphatic heterocycles. The third-order valence-corrected chi connectivity index (χ3v) is 4.37. The number of thiophene rings is 1. The number of aromatic amines is 1. The lowest BCUT2D eigenvalue weighted by molar-refractivity contribution is 0.415. The number of aryl methyl sites for hydroxylation is 1. The molecule has 0 amide bonds. The predicted octanol–water partition coefficient (Wildman–Crippen LogP) is 3.50. The molecule has 0 unspecified atom stereocenters. The van der Waals surface area contributed by atoms with E-state index in [2.05, 4.69) is 23.8 Å². The molecule has 0 fully saturated rings. The van der Waals surface area contributed by atoms with Gasteiger partial charge in [0.2, 0.25) is 0 Å². The number of imidazole rings is 1. The third-order valence-electron chi connectivity index (χ3n) is 3.34. The first-order valence-electron chi connectivity index (χ1n) is 5.99. The molecule has 0 spiro atoms. The maximum atomic E-state index is 6.09. The predicted molar refractivity (Wildman–Crippen MR) is 79.8 cm³/mol. The van der Waals surface area contributed by atoms with Gasteiger partial charge in [-0.15, -0.1) is 11.3 Å². The molecule has 0 aliphatic carbocycles. The largest absolute Gasteiger partial charge is 0.497 e. The van der Waals surface area contributed by atoms with E-state index in [0.717, 1.165) is 33.2 Å². The smallest absolute Gasteiger partial charge is 0.141 e. The van der Waals surface area contributed by atoms with Crippen molar-refractivity contribution in [2.75, 3.05) is 12.8 Å². The number of nitrogens with two attached hydrogens (primary N) is 1. The van der Waals surface area contributed by atoms with Crippen molar-refractivity contribution in [3.8, 4) is 17.1 Å². The van der Waals surface area contributed by atoms with Gasteiger partial charge in [0.25, 0.3) is 0 Å². The minimum atomic E-state index is 0.807. The molecule has 0 saturated carbocycles. The van der Waals surface area contributed by atoms with Gasteiger partial charge in [-0.3, -0.25) is 0 Å². The van der Waals surface area contributed by atoms with Crippen LogP contribution in [0.4, 0.5) is 5.00 Å². The Kier molecular flexibility index (Phi) is 2.71. The van der Waals surface area contributed by atoms with Gasteiger partial charge in [-0.05, 0) is 31.5 Å². The Morgan fingerprint density at radius 1 is 1.32 bits per heavy atom. The lowest BCUT2D eigenvalue weighted by Gasteiger charge is -1.97. The van der Waals surface area contributed by atoms with Crippen molar-refractivity contribution in [1.82, 2.24) is 9.97 Å². The van der Waals surface area contributed by atoms with Crippen LogP contribution in [-0.4, -0.2) is 17.1 Å². The summed E-state index contributed by atoms with van der Waals surface area (Å²) in [5.74, 6) is 1.64. The summed E-state index contributed by atoms with van der Waals surface area (Å²) in [6.45, 7) is 4.15. The fourth-order valence-corrected chi connectivity index (χ4v) is 3.12. The topological polar surface area (TPSA) is 63.9 Å². The van der Waals surface area contributed by atoms with E-state index in [1.165, 1.54) is 10.4 Å². The van der Waals surface area contributed by atoms with Gasteiger partial charge in [-0.1, -0.05) is 0 Å². The number of hydrogen-bond donors (Lipinski definition) is 2. The summed E-state index contributed by atoms with van der Waals surface area (Å²) < 4.78 is 5.22. The summed E-state index contributed by atoms with van der Waals surface area (Å²) in [6, 6.07) is 5.79. The molecule has 1 aromatic carbocycles. The quantitative estimate of drug-likeness (QED) is 0.751. The van der Waals surface area contributed by atoms with Crippen molar-refractivity contribution in [2.24, 2.45) is 0 Å². The van der Waals surface area contributed by atoms with Crippen LogP contribution < -0.4 is 10.5 Å². The first-order valence-corrected chi connectivity index (χ1v) is 6.81. The molecule has 5 heteroatoms. The number of fused-ring (bicyclic) bond motifs is 1. The fraction of sp³-hybridized carbons (Fsp3) is 0.214. The number of nitrogens with zero attached hydrogens (tertiary/aromatic N) is 1. The molecule has 0 aliphatic rings. The Hall–Kier alpha value is -2.01. The van der Waals surface area contributed by atoms with E-state index < -0.39 is 0 Å². The Balaban J connectivity index is 2.20. The number of methoxy groups -OCH3 is 1. The summed E-state index contributed by atoms with van der Waals surface area (Å²) in [6.07, 6.45) is 0. The summed E-state index contributed by atoms with van der Waals surface area (Å²) in [4.78, 5) is 9.15.